The lowest BCUT2D eigenvalue weighted by Crippen LogP contribution is -2.44. The van der Waals surface area contributed by atoms with Crippen molar-refractivity contribution >= 4 is 33.3 Å². The van der Waals surface area contributed by atoms with Gasteiger partial charge in [0.25, 0.3) is 0 Å². The largest absolute Gasteiger partial charge is 0.490 e. The first-order valence-corrected chi connectivity index (χ1v) is 16.7. The summed E-state index contributed by atoms with van der Waals surface area (Å²) in [5.41, 5.74) is 3.64. The van der Waals surface area contributed by atoms with Gasteiger partial charge < -0.3 is 13.8 Å². The molecule has 0 atom stereocenters. The summed E-state index contributed by atoms with van der Waals surface area (Å²) in [6, 6.07) is 10.8. The molecule has 2 aromatic rings. The maximum absolute atomic E-state index is 14.0. The molecule has 9 heteroatoms. The zero-order valence-electron chi connectivity index (χ0n) is 25.8. The van der Waals surface area contributed by atoms with Crippen LogP contribution in [0.25, 0.3) is 0 Å². The Kier molecular flexibility index (Phi) is 8.33. The highest BCUT2D eigenvalue weighted by molar-refractivity contribution is 7.87. The molecule has 0 saturated heterocycles. The molecule has 230 valence electrons. The Balaban J connectivity index is 1.67. The molecule has 3 aliphatic rings. The Hall–Kier alpha value is -3.10. The molecule has 0 bridgehead atoms. The molecule has 2 aliphatic carbocycles. The third kappa shape index (κ3) is 6.14. The second kappa shape index (κ2) is 11.4. The van der Waals surface area contributed by atoms with Gasteiger partial charge in [-0.15, -0.1) is 0 Å². The van der Waals surface area contributed by atoms with Crippen molar-refractivity contribution in [3.63, 3.8) is 0 Å². The van der Waals surface area contributed by atoms with Gasteiger partial charge in [0.2, 0.25) is 0 Å². The summed E-state index contributed by atoms with van der Waals surface area (Å²) in [5, 5.41) is 0.409. The van der Waals surface area contributed by atoms with Gasteiger partial charge in [0.15, 0.2) is 23.1 Å². The number of carbonyl (C=O) groups is 2. The normalized spacial score (nSPS) is 20.2. The monoisotopic (exact) mass is 625 g/mol. The zero-order valence-corrected chi connectivity index (χ0v) is 27.3. The van der Waals surface area contributed by atoms with Crippen LogP contribution in [0.5, 0.6) is 11.5 Å². The molecular weight excluding hydrogens is 586 g/mol. The fourth-order valence-electron chi connectivity index (χ4n) is 6.68. The molecule has 0 N–H and O–H groups in total. The standard InChI is InChI=1S/C34H40ClNO6S/c1-7-15-36-24-17-33(3,4)19-26(37)31(24)30(32-25(36)18-34(5,6)20-27(32)38)21-9-14-28(29(16-21)41-8-2)42-43(39,40)23-12-10-22(35)11-13-23/h9-14,16,30H,7-8,15,17-20H2,1-6H3. The first-order valence-electron chi connectivity index (χ1n) is 14.9. The SMILES string of the molecule is CCCN1C2=C(C(=O)CC(C)(C)C2)C(c2ccc(OS(=O)(=O)c3ccc(Cl)cc3)c(OCC)c2)C2=C1CC(C)(C)CC2=O. The van der Waals surface area contributed by atoms with E-state index in [0.29, 0.717) is 34.6 Å². The lowest BCUT2D eigenvalue weighted by Gasteiger charge is -2.49. The average molecular weight is 626 g/mol. The number of hydrogen-bond acceptors (Lipinski definition) is 7. The Bertz CT molecular complexity index is 1580. The Morgan fingerprint density at radius 1 is 0.837 bits per heavy atom. The van der Waals surface area contributed by atoms with Gasteiger partial charge >= 0.3 is 10.1 Å². The molecule has 0 aromatic heterocycles. The lowest BCUT2D eigenvalue weighted by atomic mass is 9.63. The Morgan fingerprint density at radius 3 is 1.91 bits per heavy atom. The molecule has 1 heterocycles. The summed E-state index contributed by atoms with van der Waals surface area (Å²) in [6.07, 6.45) is 3.13. The molecule has 0 fully saturated rings. The van der Waals surface area contributed by atoms with E-state index in [4.69, 9.17) is 20.5 Å². The van der Waals surface area contributed by atoms with Crippen LogP contribution >= 0.6 is 11.6 Å². The predicted molar refractivity (Wildman–Crippen MR) is 167 cm³/mol. The van der Waals surface area contributed by atoms with Crippen molar-refractivity contribution in [2.45, 2.75) is 84.5 Å². The van der Waals surface area contributed by atoms with Gasteiger partial charge in [-0.05, 0) is 79.0 Å². The summed E-state index contributed by atoms with van der Waals surface area (Å²) < 4.78 is 37.7. The van der Waals surface area contributed by atoms with Gasteiger partial charge in [-0.2, -0.15) is 8.42 Å². The van der Waals surface area contributed by atoms with Crippen LogP contribution in [0.2, 0.25) is 5.02 Å². The molecular formula is C34H40ClNO6S. The number of benzene rings is 2. The molecule has 5 rings (SSSR count). The van der Waals surface area contributed by atoms with Crippen molar-refractivity contribution in [2.24, 2.45) is 10.8 Å². The highest BCUT2D eigenvalue weighted by Crippen LogP contribution is 2.55. The lowest BCUT2D eigenvalue weighted by molar-refractivity contribution is -0.119. The molecule has 0 amide bonds. The van der Waals surface area contributed by atoms with E-state index in [-0.39, 0.29) is 45.4 Å². The zero-order chi connectivity index (χ0) is 31.3. The highest BCUT2D eigenvalue weighted by atomic mass is 35.5. The fourth-order valence-corrected chi connectivity index (χ4v) is 7.75. The van der Waals surface area contributed by atoms with E-state index in [0.717, 1.165) is 37.2 Å². The van der Waals surface area contributed by atoms with Crippen molar-refractivity contribution in [2.75, 3.05) is 13.2 Å². The molecule has 7 nitrogen and oxygen atoms in total. The molecule has 0 saturated carbocycles. The molecule has 43 heavy (non-hydrogen) atoms. The van der Waals surface area contributed by atoms with Gasteiger partial charge in [0.1, 0.15) is 4.90 Å². The van der Waals surface area contributed by atoms with Crippen LogP contribution in [0.3, 0.4) is 0 Å². The smallest absolute Gasteiger partial charge is 0.339 e. The number of ketones is 2. The third-order valence-electron chi connectivity index (χ3n) is 8.37. The number of halogens is 1. The maximum atomic E-state index is 14.0. The number of hydrogen-bond donors (Lipinski definition) is 0. The van der Waals surface area contributed by atoms with E-state index >= 15 is 0 Å². The second-order valence-electron chi connectivity index (χ2n) is 13.3. The van der Waals surface area contributed by atoms with Crippen LogP contribution in [0.4, 0.5) is 0 Å². The first-order chi connectivity index (χ1) is 20.2. The molecule has 1 aliphatic heterocycles. The number of carbonyl (C=O) groups excluding carboxylic acids is 2. The highest BCUT2D eigenvalue weighted by Gasteiger charge is 2.49. The number of nitrogens with zero attached hydrogens (tertiary/aromatic N) is 1. The predicted octanol–water partition coefficient (Wildman–Crippen LogP) is 7.60. The fraction of sp³-hybridized carbons (Fsp3) is 0.471. The second-order valence-corrected chi connectivity index (χ2v) is 15.3. The molecule has 0 unspecified atom stereocenters. The van der Waals surface area contributed by atoms with Gasteiger partial charge in [0, 0.05) is 52.9 Å². The maximum Gasteiger partial charge on any atom is 0.339 e. The van der Waals surface area contributed by atoms with E-state index in [1.165, 1.54) is 24.3 Å². The number of allylic oxidation sites excluding steroid dienone is 4. The summed E-state index contributed by atoms with van der Waals surface area (Å²) >= 11 is 5.94. The Labute approximate surface area is 260 Å². The number of ether oxygens (including phenoxy) is 1. The third-order valence-corrected chi connectivity index (χ3v) is 9.87. The average Bonchev–Trinajstić information content (AvgIpc) is 2.89. The van der Waals surface area contributed by atoms with Crippen LogP contribution in [-0.2, 0) is 19.7 Å². The number of Topliss-reactive ketones (excluding diaryl/α,β-unsaturated/α-hetero) is 2. The van der Waals surface area contributed by atoms with Crippen LogP contribution in [0, 0.1) is 10.8 Å². The molecule has 2 aromatic carbocycles. The van der Waals surface area contributed by atoms with E-state index in [1.807, 2.05) is 0 Å². The summed E-state index contributed by atoms with van der Waals surface area (Å²) in [7, 11) is -4.18. The number of rotatable bonds is 8. The van der Waals surface area contributed by atoms with E-state index in [1.54, 1.807) is 25.1 Å². The van der Waals surface area contributed by atoms with Crippen molar-refractivity contribution < 1.29 is 26.9 Å². The summed E-state index contributed by atoms with van der Waals surface area (Å²) in [5.74, 6) is -0.216. The minimum absolute atomic E-state index is 0.0274. The van der Waals surface area contributed by atoms with E-state index in [9.17, 15) is 18.0 Å². The minimum Gasteiger partial charge on any atom is -0.490 e. The van der Waals surface area contributed by atoms with Gasteiger partial charge in [-0.3, -0.25) is 9.59 Å². The van der Waals surface area contributed by atoms with Crippen LogP contribution in [0.15, 0.2) is 69.9 Å². The Morgan fingerprint density at radius 2 is 1.40 bits per heavy atom. The van der Waals surface area contributed by atoms with Gasteiger partial charge in [-0.25, -0.2) is 0 Å². The van der Waals surface area contributed by atoms with Crippen molar-refractivity contribution in [3.05, 3.63) is 75.6 Å². The summed E-state index contributed by atoms with van der Waals surface area (Å²) in [4.78, 5) is 30.2. The first kappa shape index (κ1) is 31.3. The van der Waals surface area contributed by atoms with Crippen LogP contribution in [0.1, 0.15) is 85.1 Å². The molecule has 0 radical (unpaired) electrons. The van der Waals surface area contributed by atoms with Crippen molar-refractivity contribution in [1.82, 2.24) is 4.90 Å². The topological polar surface area (TPSA) is 90.0 Å². The van der Waals surface area contributed by atoms with Gasteiger partial charge in [0.05, 0.1) is 6.61 Å². The van der Waals surface area contributed by atoms with E-state index in [2.05, 4.69) is 39.5 Å². The van der Waals surface area contributed by atoms with Crippen molar-refractivity contribution in [3.8, 4) is 11.5 Å². The minimum atomic E-state index is -4.18. The van der Waals surface area contributed by atoms with Gasteiger partial charge in [-0.1, -0.05) is 52.3 Å². The molecule has 0 spiro atoms. The van der Waals surface area contributed by atoms with Crippen molar-refractivity contribution in [1.29, 1.82) is 0 Å². The van der Waals surface area contributed by atoms with Crippen LogP contribution in [-0.4, -0.2) is 38.0 Å². The summed E-state index contributed by atoms with van der Waals surface area (Å²) in [6.45, 7) is 13.4. The quantitative estimate of drug-likeness (QED) is 0.279. The van der Waals surface area contributed by atoms with Crippen LogP contribution < -0.4 is 8.92 Å². The van der Waals surface area contributed by atoms with E-state index < -0.39 is 16.0 Å².